The van der Waals surface area contributed by atoms with Crippen molar-refractivity contribution in [3.05, 3.63) is 0 Å². The Hall–Kier alpha value is -1.22. The summed E-state index contributed by atoms with van der Waals surface area (Å²) in [7, 11) is 1.44. The van der Waals surface area contributed by atoms with Gasteiger partial charge >= 0.3 is 11.9 Å². The SMILES string of the molecule is CCOC[C@H]1O[C@H](OC)[C@@H](OC(C)=O)[C@@H](OCC)[C@@H]1OC(C)=O. The molecule has 1 saturated heterocycles. The first kappa shape index (κ1) is 19.8. The number of carbonyl (C=O) groups excluding carboxylic acids is 2. The minimum absolute atomic E-state index is 0.199. The highest BCUT2D eigenvalue weighted by atomic mass is 16.7. The van der Waals surface area contributed by atoms with Crippen molar-refractivity contribution in [3.63, 3.8) is 0 Å². The van der Waals surface area contributed by atoms with Crippen LogP contribution in [0.2, 0.25) is 0 Å². The molecule has 0 N–H and O–H groups in total. The van der Waals surface area contributed by atoms with Crippen LogP contribution < -0.4 is 0 Å². The molecule has 0 bridgehead atoms. The summed E-state index contributed by atoms with van der Waals surface area (Å²) in [5.74, 6) is -0.988. The molecule has 0 aliphatic carbocycles. The van der Waals surface area contributed by atoms with E-state index in [1.165, 1.54) is 21.0 Å². The number of ether oxygens (including phenoxy) is 6. The minimum Gasteiger partial charge on any atom is -0.457 e. The summed E-state index contributed by atoms with van der Waals surface area (Å²) in [6, 6.07) is 0. The van der Waals surface area contributed by atoms with Crippen molar-refractivity contribution in [3.8, 4) is 0 Å². The topological polar surface area (TPSA) is 89.5 Å². The van der Waals surface area contributed by atoms with E-state index >= 15 is 0 Å². The van der Waals surface area contributed by atoms with Crippen LogP contribution >= 0.6 is 0 Å². The number of carbonyl (C=O) groups is 2. The van der Waals surface area contributed by atoms with Gasteiger partial charge in [-0.25, -0.2) is 0 Å². The Bertz CT molecular complexity index is 386. The van der Waals surface area contributed by atoms with E-state index in [0.29, 0.717) is 13.2 Å². The molecule has 0 radical (unpaired) electrons. The first-order valence-corrected chi connectivity index (χ1v) is 7.66. The Morgan fingerprint density at radius 3 is 2.04 bits per heavy atom. The second-order valence-electron chi connectivity index (χ2n) is 5.01. The van der Waals surface area contributed by atoms with E-state index in [0.717, 1.165) is 0 Å². The van der Waals surface area contributed by atoms with Crippen molar-refractivity contribution in [1.82, 2.24) is 0 Å². The van der Waals surface area contributed by atoms with Crippen LogP contribution in [0, 0.1) is 0 Å². The summed E-state index contributed by atoms with van der Waals surface area (Å²) in [4.78, 5) is 22.8. The van der Waals surface area contributed by atoms with E-state index in [9.17, 15) is 9.59 Å². The van der Waals surface area contributed by atoms with Crippen LogP contribution in [0.25, 0.3) is 0 Å². The van der Waals surface area contributed by atoms with Crippen LogP contribution in [0.1, 0.15) is 27.7 Å². The average molecular weight is 334 g/mol. The van der Waals surface area contributed by atoms with E-state index < -0.39 is 42.6 Å². The second-order valence-corrected chi connectivity index (χ2v) is 5.01. The normalized spacial score (nSPS) is 30.7. The van der Waals surface area contributed by atoms with Crippen LogP contribution in [-0.4, -0.2) is 69.6 Å². The molecule has 5 atom stereocenters. The lowest BCUT2D eigenvalue weighted by molar-refractivity contribution is -0.307. The van der Waals surface area contributed by atoms with Gasteiger partial charge in [-0.05, 0) is 13.8 Å². The van der Waals surface area contributed by atoms with Gasteiger partial charge in [0.25, 0.3) is 0 Å². The Morgan fingerprint density at radius 1 is 0.957 bits per heavy atom. The molecule has 1 rings (SSSR count). The Morgan fingerprint density at radius 2 is 1.57 bits per heavy atom. The molecule has 1 heterocycles. The smallest absolute Gasteiger partial charge is 0.303 e. The number of methoxy groups -OCH3 is 1. The van der Waals surface area contributed by atoms with Crippen molar-refractivity contribution >= 4 is 11.9 Å². The van der Waals surface area contributed by atoms with Crippen LogP contribution in [-0.2, 0) is 38.0 Å². The highest BCUT2D eigenvalue weighted by Gasteiger charge is 2.50. The highest BCUT2D eigenvalue weighted by molar-refractivity contribution is 5.67. The van der Waals surface area contributed by atoms with Gasteiger partial charge < -0.3 is 28.4 Å². The maximum Gasteiger partial charge on any atom is 0.303 e. The molecule has 0 saturated carbocycles. The van der Waals surface area contributed by atoms with Crippen molar-refractivity contribution in [2.75, 3.05) is 26.9 Å². The first-order chi connectivity index (χ1) is 10.9. The molecular weight excluding hydrogens is 308 g/mol. The monoisotopic (exact) mass is 334 g/mol. The molecule has 0 aromatic heterocycles. The molecule has 0 amide bonds. The summed E-state index contributed by atoms with van der Waals surface area (Å²) >= 11 is 0. The third-order valence-electron chi connectivity index (χ3n) is 3.27. The van der Waals surface area contributed by atoms with Crippen LogP contribution in [0.4, 0.5) is 0 Å². The van der Waals surface area contributed by atoms with Crippen molar-refractivity contribution in [2.45, 2.75) is 58.4 Å². The Balaban J connectivity index is 3.06. The number of hydrogen-bond acceptors (Lipinski definition) is 8. The molecule has 23 heavy (non-hydrogen) atoms. The lowest BCUT2D eigenvalue weighted by Gasteiger charge is -2.44. The molecule has 0 unspecified atom stereocenters. The maximum absolute atomic E-state index is 11.4. The molecule has 134 valence electrons. The average Bonchev–Trinajstić information content (AvgIpc) is 2.48. The zero-order valence-electron chi connectivity index (χ0n) is 14.3. The van der Waals surface area contributed by atoms with E-state index in [4.69, 9.17) is 28.4 Å². The van der Waals surface area contributed by atoms with Gasteiger partial charge in [-0.2, -0.15) is 0 Å². The molecule has 8 nitrogen and oxygen atoms in total. The Kier molecular flexibility index (Phi) is 8.46. The number of rotatable bonds is 8. The molecule has 1 fully saturated rings. The lowest BCUT2D eigenvalue weighted by atomic mass is 9.98. The summed E-state index contributed by atoms with van der Waals surface area (Å²) in [5, 5.41) is 0. The van der Waals surface area contributed by atoms with Gasteiger partial charge in [-0.1, -0.05) is 0 Å². The molecule has 0 aromatic rings. The van der Waals surface area contributed by atoms with E-state index in [-0.39, 0.29) is 6.61 Å². The fourth-order valence-corrected chi connectivity index (χ4v) is 2.47. The van der Waals surface area contributed by atoms with Gasteiger partial charge in [0.05, 0.1) is 6.61 Å². The van der Waals surface area contributed by atoms with Gasteiger partial charge in [0.1, 0.15) is 12.2 Å². The quantitative estimate of drug-likeness (QED) is 0.598. The van der Waals surface area contributed by atoms with Crippen LogP contribution in [0.3, 0.4) is 0 Å². The fraction of sp³-hybridized carbons (Fsp3) is 0.867. The summed E-state index contributed by atoms with van der Waals surface area (Å²) in [6.07, 6.45) is -3.76. The van der Waals surface area contributed by atoms with Crippen LogP contribution in [0.5, 0.6) is 0 Å². The number of esters is 2. The molecule has 8 heteroatoms. The standard InChI is InChI=1S/C15H26O8/c1-6-19-8-11-12(21-9(3)16)13(20-7-2)14(22-10(4)17)15(18-5)23-11/h11-15H,6-8H2,1-5H3/t11-,12-,13+,14+,15+/m1/s1. The summed E-state index contributed by atoms with van der Waals surface area (Å²) < 4.78 is 32.7. The zero-order valence-corrected chi connectivity index (χ0v) is 14.3. The number of hydrogen-bond donors (Lipinski definition) is 0. The van der Waals surface area contributed by atoms with Gasteiger partial charge in [-0.3, -0.25) is 9.59 Å². The van der Waals surface area contributed by atoms with Crippen LogP contribution in [0.15, 0.2) is 0 Å². The third kappa shape index (κ3) is 5.72. The van der Waals surface area contributed by atoms with E-state index in [1.807, 2.05) is 6.92 Å². The molecule has 0 aromatic carbocycles. The Labute approximate surface area is 136 Å². The lowest BCUT2D eigenvalue weighted by Crippen LogP contribution is -2.62. The predicted molar refractivity (Wildman–Crippen MR) is 78.7 cm³/mol. The maximum atomic E-state index is 11.4. The van der Waals surface area contributed by atoms with Gasteiger partial charge in [0.15, 0.2) is 18.5 Å². The van der Waals surface area contributed by atoms with E-state index in [1.54, 1.807) is 6.92 Å². The first-order valence-electron chi connectivity index (χ1n) is 7.66. The predicted octanol–water partition coefficient (Wildman–Crippen LogP) is 0.663. The zero-order chi connectivity index (χ0) is 17.4. The van der Waals surface area contributed by atoms with Gasteiger partial charge in [-0.15, -0.1) is 0 Å². The largest absolute Gasteiger partial charge is 0.457 e. The molecular formula is C15H26O8. The van der Waals surface area contributed by atoms with E-state index in [2.05, 4.69) is 0 Å². The van der Waals surface area contributed by atoms with Crippen molar-refractivity contribution in [2.24, 2.45) is 0 Å². The van der Waals surface area contributed by atoms with Gasteiger partial charge in [0, 0.05) is 34.2 Å². The summed E-state index contributed by atoms with van der Waals surface area (Å²) in [5.41, 5.74) is 0. The minimum atomic E-state index is -0.848. The van der Waals surface area contributed by atoms with Gasteiger partial charge in [0.2, 0.25) is 0 Å². The van der Waals surface area contributed by atoms with Crippen molar-refractivity contribution in [1.29, 1.82) is 0 Å². The fourth-order valence-electron chi connectivity index (χ4n) is 2.47. The van der Waals surface area contributed by atoms with Crippen molar-refractivity contribution < 1.29 is 38.0 Å². The highest BCUT2D eigenvalue weighted by Crippen LogP contribution is 2.29. The molecule has 0 spiro atoms. The third-order valence-corrected chi connectivity index (χ3v) is 3.27. The summed E-state index contributed by atoms with van der Waals surface area (Å²) in [6.45, 7) is 7.25. The molecule has 1 aliphatic heterocycles. The molecule has 1 aliphatic rings. The second kappa shape index (κ2) is 9.82.